The van der Waals surface area contributed by atoms with Gasteiger partial charge in [0.1, 0.15) is 34.3 Å². The molecule has 238 valence electrons. The zero-order valence-electron chi connectivity index (χ0n) is 24.5. The average molecular weight is 674 g/mol. The number of aromatic carboxylic acids is 1. The van der Waals surface area contributed by atoms with Gasteiger partial charge in [0, 0.05) is 44.1 Å². The van der Waals surface area contributed by atoms with Crippen molar-refractivity contribution in [2.24, 2.45) is 10.2 Å². The van der Waals surface area contributed by atoms with Gasteiger partial charge in [-0.2, -0.15) is 5.10 Å². The molecular weight excluding hydrogens is 650 g/mol. The second kappa shape index (κ2) is 11.7. The van der Waals surface area contributed by atoms with E-state index in [4.69, 9.17) is 16.3 Å². The van der Waals surface area contributed by atoms with Crippen molar-refractivity contribution in [3.8, 4) is 39.9 Å². The van der Waals surface area contributed by atoms with Crippen LogP contribution in [-0.4, -0.2) is 61.6 Å². The van der Waals surface area contributed by atoms with Gasteiger partial charge >= 0.3 is 5.97 Å². The molecular formula is C33H24ClN3O9S. The summed E-state index contributed by atoms with van der Waals surface area (Å²) in [6.45, 7) is 1.38. The smallest absolute Gasteiger partial charge is 0.340 e. The van der Waals surface area contributed by atoms with Gasteiger partial charge in [-0.25, -0.2) is 4.79 Å². The van der Waals surface area contributed by atoms with Crippen LogP contribution in [0.5, 0.6) is 28.7 Å². The number of anilines is 1. The number of aromatic hydroxyl groups is 4. The number of nitrogens with one attached hydrogen (secondary N) is 1. The van der Waals surface area contributed by atoms with Crippen molar-refractivity contribution in [1.82, 2.24) is 0 Å². The second-order valence-electron chi connectivity index (χ2n) is 10.8. The third-order valence-corrected chi connectivity index (χ3v) is 8.61. The normalized spacial score (nSPS) is 13.6. The first-order valence-corrected chi connectivity index (χ1v) is 14.7. The third-order valence-electron chi connectivity index (χ3n) is 8.15. The van der Waals surface area contributed by atoms with Crippen molar-refractivity contribution in [2.45, 2.75) is 19.8 Å². The van der Waals surface area contributed by atoms with Gasteiger partial charge in [-0.15, -0.1) is 17.7 Å². The second-order valence-corrected chi connectivity index (χ2v) is 11.6. The maximum absolute atomic E-state index is 13.8. The topological polar surface area (TPSA) is 198 Å². The van der Waals surface area contributed by atoms with E-state index in [-0.39, 0.29) is 68.3 Å². The Labute approximate surface area is 276 Å². The van der Waals surface area contributed by atoms with Gasteiger partial charge < -0.3 is 35.6 Å². The SMILES string of the molecule is COc1c2c(c(O)c3c1C(=O)c1c(cc(O)c(C)c1O)C3=O)-c1c(cc(/C=N/N=C(\S)Nc3ccc(Cl)cc3)c(C(=O)O)c1O)CC2. The predicted octanol–water partition coefficient (Wildman–Crippen LogP) is 5.45. The van der Waals surface area contributed by atoms with Crippen LogP contribution in [0.1, 0.15) is 64.5 Å². The number of methoxy groups -OCH3 is 1. The van der Waals surface area contributed by atoms with Gasteiger partial charge in [0.25, 0.3) is 0 Å². The van der Waals surface area contributed by atoms with Gasteiger partial charge in [-0.1, -0.05) is 11.6 Å². The number of fused-ring (bicyclic) bond motifs is 5. The molecule has 4 aromatic carbocycles. The fourth-order valence-electron chi connectivity index (χ4n) is 6.00. The van der Waals surface area contributed by atoms with Crippen molar-refractivity contribution >= 4 is 58.8 Å². The Hall–Kier alpha value is -5.53. The minimum absolute atomic E-state index is 0.000470. The number of halogens is 1. The number of phenols is 4. The number of hydrogen-bond acceptors (Lipinski definition) is 10. The summed E-state index contributed by atoms with van der Waals surface area (Å²) in [4.78, 5) is 40.0. The number of ether oxygens (including phenoxy) is 1. The van der Waals surface area contributed by atoms with Crippen LogP contribution < -0.4 is 10.1 Å². The minimum atomic E-state index is -1.51. The van der Waals surface area contributed by atoms with Crippen molar-refractivity contribution in [2.75, 3.05) is 12.4 Å². The van der Waals surface area contributed by atoms with Gasteiger partial charge in [0.05, 0.1) is 30.0 Å². The first-order valence-electron chi connectivity index (χ1n) is 13.9. The number of carboxylic acids is 1. The molecule has 0 saturated carbocycles. The van der Waals surface area contributed by atoms with Crippen LogP contribution in [0.15, 0.2) is 46.6 Å². The number of carboxylic acid groups (broad SMARTS) is 1. The Morgan fingerprint density at radius 1 is 0.936 bits per heavy atom. The molecule has 12 nitrogen and oxygen atoms in total. The number of nitrogens with zero attached hydrogens (tertiary/aromatic N) is 2. The van der Waals surface area contributed by atoms with Gasteiger partial charge in [-0.05, 0) is 61.7 Å². The number of aryl methyl sites for hydroxylation is 1. The lowest BCUT2D eigenvalue weighted by atomic mass is 9.74. The van der Waals surface area contributed by atoms with Crippen molar-refractivity contribution < 1.29 is 44.7 Å². The highest BCUT2D eigenvalue weighted by atomic mass is 35.5. The molecule has 0 bridgehead atoms. The molecule has 2 aliphatic rings. The highest BCUT2D eigenvalue weighted by molar-refractivity contribution is 7.97. The van der Waals surface area contributed by atoms with Gasteiger partial charge in [0.2, 0.25) is 5.78 Å². The van der Waals surface area contributed by atoms with Gasteiger partial charge in [-0.3, -0.25) is 9.59 Å². The summed E-state index contributed by atoms with van der Waals surface area (Å²) in [6, 6.07) is 9.21. The zero-order valence-corrected chi connectivity index (χ0v) is 26.2. The molecule has 0 heterocycles. The van der Waals surface area contributed by atoms with Crippen molar-refractivity contribution in [1.29, 1.82) is 0 Å². The van der Waals surface area contributed by atoms with Crippen molar-refractivity contribution in [3.05, 3.63) is 91.5 Å². The zero-order chi connectivity index (χ0) is 33.9. The molecule has 2 aliphatic carbocycles. The summed E-state index contributed by atoms with van der Waals surface area (Å²) in [5, 5.41) is 65.5. The fourth-order valence-corrected chi connectivity index (χ4v) is 6.31. The molecule has 0 amide bonds. The van der Waals surface area contributed by atoms with E-state index in [1.165, 1.54) is 20.1 Å². The van der Waals surface area contributed by atoms with Crippen LogP contribution >= 0.6 is 24.2 Å². The van der Waals surface area contributed by atoms with Crippen LogP contribution in [0.4, 0.5) is 5.69 Å². The lowest BCUT2D eigenvalue weighted by Gasteiger charge is -2.30. The Bertz CT molecular complexity index is 2140. The summed E-state index contributed by atoms with van der Waals surface area (Å²) in [5.74, 6) is -5.71. The van der Waals surface area contributed by atoms with E-state index in [1.807, 2.05) is 0 Å². The molecule has 0 spiro atoms. The number of ketones is 2. The molecule has 6 rings (SSSR count). The average Bonchev–Trinajstić information content (AvgIpc) is 3.03. The van der Waals surface area contributed by atoms with Crippen LogP contribution in [0.3, 0.4) is 0 Å². The molecule has 0 aliphatic heterocycles. The lowest BCUT2D eigenvalue weighted by molar-refractivity contribution is 0.0693. The highest BCUT2D eigenvalue weighted by Gasteiger charge is 2.42. The Morgan fingerprint density at radius 2 is 1.64 bits per heavy atom. The summed E-state index contributed by atoms with van der Waals surface area (Å²) in [7, 11) is 1.26. The maximum Gasteiger partial charge on any atom is 0.340 e. The molecule has 0 radical (unpaired) electrons. The maximum atomic E-state index is 13.8. The largest absolute Gasteiger partial charge is 0.508 e. The fraction of sp³-hybridized carbons (Fsp3) is 0.121. The summed E-state index contributed by atoms with van der Waals surface area (Å²) in [5.41, 5.74) is -0.886. The lowest BCUT2D eigenvalue weighted by Crippen LogP contribution is -2.24. The quantitative estimate of drug-likeness (QED) is 0.0545. The highest BCUT2D eigenvalue weighted by Crippen LogP contribution is 2.54. The first kappa shape index (κ1) is 31.5. The predicted molar refractivity (Wildman–Crippen MR) is 177 cm³/mol. The van der Waals surface area contributed by atoms with E-state index >= 15 is 0 Å². The Morgan fingerprint density at radius 3 is 2.30 bits per heavy atom. The van der Waals surface area contributed by atoms with E-state index in [0.29, 0.717) is 16.3 Å². The van der Waals surface area contributed by atoms with E-state index in [0.717, 1.165) is 12.3 Å². The number of rotatable bonds is 5. The van der Waals surface area contributed by atoms with Crippen LogP contribution in [0.2, 0.25) is 5.02 Å². The first-order chi connectivity index (χ1) is 22.3. The molecule has 0 atom stereocenters. The van der Waals surface area contributed by atoms with Gasteiger partial charge in [0.15, 0.2) is 11.0 Å². The minimum Gasteiger partial charge on any atom is -0.508 e. The summed E-state index contributed by atoms with van der Waals surface area (Å²) >= 11 is 10.1. The Balaban J connectivity index is 1.50. The monoisotopic (exact) mass is 673 g/mol. The van der Waals surface area contributed by atoms with E-state index in [2.05, 4.69) is 28.1 Å². The van der Waals surface area contributed by atoms with Crippen molar-refractivity contribution in [3.63, 3.8) is 0 Å². The number of hydrogen-bond donors (Lipinski definition) is 7. The molecule has 0 aromatic heterocycles. The number of carbonyl (C=O) groups is 3. The number of benzene rings is 4. The number of phenolic OH excluding ortho intramolecular Hbond substituents is 3. The number of carbonyl (C=O) groups excluding carboxylic acids is 2. The molecule has 47 heavy (non-hydrogen) atoms. The number of amidine groups is 1. The van der Waals surface area contributed by atoms with E-state index in [9.17, 15) is 39.9 Å². The van der Waals surface area contributed by atoms with Crippen LogP contribution in [0.25, 0.3) is 11.1 Å². The molecule has 6 N–H and O–H groups in total. The Kier molecular flexibility index (Phi) is 7.82. The third kappa shape index (κ3) is 5.00. The van der Waals surface area contributed by atoms with Crippen LogP contribution in [0, 0.1) is 6.92 Å². The molecule has 14 heteroatoms. The number of thiol groups is 1. The molecule has 4 aromatic rings. The summed E-state index contributed by atoms with van der Waals surface area (Å²) in [6.07, 6.45) is 1.50. The van der Waals surface area contributed by atoms with E-state index < -0.39 is 51.7 Å². The standard InChI is InChI=1S/C33H24ClN3O9S/c1-12-19(38)10-18-23(26(12)39)30(43)25-24(27(18)40)29(42)22-17(31(25)46-2)8-3-13-9-14(21(32(44)45)28(41)20(13)22)11-35-37-33(47)36-16-6-4-15(34)5-7-16/h4-7,9-11,38-39,41-42H,3,8H2,1-2H3,(H,44,45)(H2,36,37,47)/b35-11+. The molecule has 0 unspecified atom stereocenters. The molecule has 0 saturated heterocycles. The molecule has 0 fully saturated rings. The van der Waals surface area contributed by atoms with E-state index in [1.54, 1.807) is 24.3 Å². The summed E-state index contributed by atoms with van der Waals surface area (Å²) < 4.78 is 5.61. The van der Waals surface area contributed by atoms with Crippen LogP contribution in [-0.2, 0) is 12.8 Å².